The number of hydrogen-bond acceptors (Lipinski definition) is 4. The Kier molecular flexibility index (Phi) is 6.19. The average molecular weight is 322 g/mol. The first-order valence-electron chi connectivity index (χ1n) is 7.48. The Hall–Kier alpha value is -2.04. The molecule has 0 aliphatic rings. The van der Waals surface area contributed by atoms with Gasteiger partial charge in [0.05, 0.1) is 11.2 Å². The highest BCUT2D eigenvalue weighted by Crippen LogP contribution is 2.23. The van der Waals surface area contributed by atoms with Crippen LogP contribution in [0.3, 0.4) is 0 Å². The van der Waals surface area contributed by atoms with E-state index >= 15 is 0 Å². The minimum Gasteiger partial charge on any atom is -0.388 e. The third kappa shape index (κ3) is 5.93. The number of ether oxygens (including phenoxy) is 1. The summed E-state index contributed by atoms with van der Waals surface area (Å²) in [5, 5.41) is 24.5. The van der Waals surface area contributed by atoms with Crippen molar-refractivity contribution in [2.45, 2.75) is 45.3 Å². The van der Waals surface area contributed by atoms with Crippen molar-refractivity contribution in [1.82, 2.24) is 9.88 Å². The van der Waals surface area contributed by atoms with E-state index in [-0.39, 0.29) is 12.1 Å². The lowest BCUT2D eigenvalue weighted by atomic mass is 10.0. The van der Waals surface area contributed by atoms with Crippen molar-refractivity contribution in [3.05, 3.63) is 17.8 Å². The van der Waals surface area contributed by atoms with Gasteiger partial charge < -0.3 is 19.7 Å². The van der Waals surface area contributed by atoms with E-state index in [1.165, 1.54) is 0 Å². The number of nitriles is 1. The standard InChI is InChI=1S/C16H26N4O3/c1-15(2,3)20-10-12(9-17)8-13(20)19-14(21)18-11-16(4,22)6-7-23-5/h8,10,22H,6-7,11H2,1-5H3,(H2,18,19,21). The number of methoxy groups -OCH3 is 1. The number of amides is 2. The maximum absolute atomic E-state index is 12.0. The van der Waals surface area contributed by atoms with Gasteiger partial charge in [-0.3, -0.25) is 5.32 Å². The van der Waals surface area contributed by atoms with E-state index in [0.717, 1.165) is 0 Å². The molecule has 0 fully saturated rings. The van der Waals surface area contributed by atoms with Crippen LogP contribution in [0.15, 0.2) is 12.3 Å². The second-order valence-corrected chi connectivity index (χ2v) is 6.81. The van der Waals surface area contributed by atoms with E-state index in [0.29, 0.717) is 24.4 Å². The van der Waals surface area contributed by atoms with Crippen molar-refractivity contribution >= 4 is 11.8 Å². The summed E-state index contributed by atoms with van der Waals surface area (Å²) in [5.41, 5.74) is -0.846. The predicted octanol–water partition coefficient (Wildman–Crippen LogP) is 2.02. The lowest BCUT2D eigenvalue weighted by molar-refractivity contribution is 0.0273. The summed E-state index contributed by atoms with van der Waals surface area (Å²) in [4.78, 5) is 12.0. The number of rotatable bonds is 6. The summed E-state index contributed by atoms with van der Waals surface area (Å²) in [5.74, 6) is 0.531. The van der Waals surface area contributed by atoms with E-state index in [1.807, 2.05) is 25.3 Å². The molecular weight excluding hydrogens is 296 g/mol. The van der Waals surface area contributed by atoms with Crippen molar-refractivity contribution in [1.29, 1.82) is 5.26 Å². The number of carbonyl (C=O) groups is 1. The molecule has 1 aromatic rings. The Balaban J connectivity index is 2.71. The summed E-state index contributed by atoms with van der Waals surface area (Å²) in [6.07, 6.45) is 2.12. The van der Waals surface area contributed by atoms with Crippen molar-refractivity contribution < 1.29 is 14.6 Å². The van der Waals surface area contributed by atoms with Gasteiger partial charge in [0.2, 0.25) is 0 Å². The van der Waals surface area contributed by atoms with Crippen molar-refractivity contribution in [3.63, 3.8) is 0 Å². The van der Waals surface area contributed by atoms with Crippen LogP contribution in [0.4, 0.5) is 10.6 Å². The number of urea groups is 1. The fourth-order valence-corrected chi connectivity index (χ4v) is 2.02. The molecule has 0 saturated heterocycles. The molecule has 7 nitrogen and oxygen atoms in total. The van der Waals surface area contributed by atoms with Crippen molar-refractivity contribution in [2.24, 2.45) is 0 Å². The Morgan fingerprint density at radius 3 is 2.61 bits per heavy atom. The molecule has 1 heterocycles. The molecule has 2 amide bonds. The van der Waals surface area contributed by atoms with Crippen LogP contribution in [0.2, 0.25) is 0 Å². The summed E-state index contributed by atoms with van der Waals surface area (Å²) in [7, 11) is 1.56. The minimum absolute atomic E-state index is 0.101. The Morgan fingerprint density at radius 1 is 1.43 bits per heavy atom. The highest BCUT2D eigenvalue weighted by atomic mass is 16.5. The Morgan fingerprint density at radius 2 is 2.09 bits per heavy atom. The fourth-order valence-electron chi connectivity index (χ4n) is 2.02. The average Bonchev–Trinajstić information content (AvgIpc) is 2.86. The second kappa shape index (κ2) is 7.49. The summed E-state index contributed by atoms with van der Waals surface area (Å²) in [6.45, 7) is 8.09. The zero-order valence-electron chi connectivity index (χ0n) is 14.4. The predicted molar refractivity (Wildman–Crippen MR) is 88.3 cm³/mol. The van der Waals surface area contributed by atoms with Crippen LogP contribution in [-0.4, -0.2) is 41.6 Å². The molecule has 0 aliphatic carbocycles. The first-order chi connectivity index (χ1) is 10.6. The van der Waals surface area contributed by atoms with Gasteiger partial charge in [0, 0.05) is 38.4 Å². The molecule has 128 valence electrons. The molecule has 0 aliphatic heterocycles. The number of nitrogens with zero attached hydrogens (tertiary/aromatic N) is 2. The molecule has 7 heteroatoms. The van der Waals surface area contributed by atoms with Crippen molar-refractivity contribution in [2.75, 3.05) is 25.6 Å². The smallest absolute Gasteiger partial charge is 0.320 e. The van der Waals surface area contributed by atoms with E-state index < -0.39 is 11.6 Å². The van der Waals surface area contributed by atoms with Crippen LogP contribution < -0.4 is 10.6 Å². The molecule has 0 radical (unpaired) electrons. The van der Waals surface area contributed by atoms with E-state index in [4.69, 9.17) is 10.00 Å². The maximum Gasteiger partial charge on any atom is 0.320 e. The molecular formula is C16H26N4O3. The van der Waals surface area contributed by atoms with Gasteiger partial charge >= 0.3 is 6.03 Å². The number of anilines is 1. The van der Waals surface area contributed by atoms with Crippen LogP contribution in [-0.2, 0) is 10.3 Å². The minimum atomic E-state index is -1.04. The monoisotopic (exact) mass is 322 g/mol. The summed E-state index contributed by atoms with van der Waals surface area (Å²) >= 11 is 0. The molecule has 0 aromatic carbocycles. The van der Waals surface area contributed by atoms with Gasteiger partial charge in [0.15, 0.2) is 0 Å². The first kappa shape index (κ1) is 19.0. The van der Waals surface area contributed by atoms with Crippen LogP contribution in [0, 0.1) is 11.3 Å². The Labute approximate surface area is 137 Å². The van der Waals surface area contributed by atoms with Gasteiger partial charge in [-0.05, 0) is 33.8 Å². The first-order valence-corrected chi connectivity index (χ1v) is 7.48. The molecule has 1 rings (SSSR count). The molecule has 23 heavy (non-hydrogen) atoms. The van der Waals surface area contributed by atoms with Gasteiger partial charge in [-0.25, -0.2) is 4.79 Å². The molecule has 0 bridgehead atoms. The summed E-state index contributed by atoms with van der Waals surface area (Å²) < 4.78 is 6.75. The molecule has 1 aromatic heterocycles. The lowest BCUT2D eigenvalue weighted by Gasteiger charge is -2.25. The number of aromatic nitrogens is 1. The lowest BCUT2D eigenvalue weighted by Crippen LogP contribution is -2.43. The number of hydrogen-bond donors (Lipinski definition) is 3. The zero-order chi connectivity index (χ0) is 17.7. The van der Waals surface area contributed by atoms with E-state index in [9.17, 15) is 9.90 Å². The highest BCUT2D eigenvalue weighted by molar-refractivity contribution is 5.88. The molecule has 1 atom stereocenters. The van der Waals surface area contributed by atoms with Gasteiger partial charge in [0.1, 0.15) is 11.9 Å². The van der Waals surface area contributed by atoms with Crippen LogP contribution in [0.5, 0.6) is 0 Å². The fraction of sp³-hybridized carbons (Fsp3) is 0.625. The maximum atomic E-state index is 12.0. The third-order valence-corrected chi connectivity index (χ3v) is 3.39. The second-order valence-electron chi connectivity index (χ2n) is 6.81. The van der Waals surface area contributed by atoms with Crippen LogP contribution in [0.25, 0.3) is 0 Å². The SMILES string of the molecule is COCCC(C)(O)CNC(=O)Nc1cc(C#N)cn1C(C)(C)C. The van der Waals surface area contributed by atoms with Crippen LogP contribution in [0.1, 0.15) is 39.7 Å². The summed E-state index contributed by atoms with van der Waals surface area (Å²) in [6, 6.07) is 3.25. The molecule has 0 saturated carbocycles. The molecule has 0 spiro atoms. The normalized spacial score (nSPS) is 14.0. The van der Waals surface area contributed by atoms with Gasteiger partial charge in [0.25, 0.3) is 0 Å². The van der Waals surface area contributed by atoms with Gasteiger partial charge in [-0.15, -0.1) is 0 Å². The van der Waals surface area contributed by atoms with Gasteiger partial charge in [-0.1, -0.05) is 0 Å². The van der Waals surface area contributed by atoms with Gasteiger partial charge in [-0.2, -0.15) is 5.26 Å². The van der Waals surface area contributed by atoms with Crippen LogP contribution >= 0.6 is 0 Å². The largest absolute Gasteiger partial charge is 0.388 e. The zero-order valence-corrected chi connectivity index (χ0v) is 14.4. The van der Waals surface area contributed by atoms with E-state index in [1.54, 1.807) is 26.3 Å². The third-order valence-electron chi connectivity index (χ3n) is 3.39. The van der Waals surface area contributed by atoms with E-state index in [2.05, 4.69) is 16.7 Å². The van der Waals surface area contributed by atoms with Crippen molar-refractivity contribution in [3.8, 4) is 6.07 Å². The molecule has 1 unspecified atom stereocenters. The number of carbonyl (C=O) groups excluding carboxylic acids is 1. The topological polar surface area (TPSA) is 99.3 Å². The molecule has 3 N–H and O–H groups in total. The number of nitrogens with one attached hydrogen (secondary N) is 2. The highest BCUT2D eigenvalue weighted by Gasteiger charge is 2.22. The Bertz CT molecular complexity index is 579. The quantitative estimate of drug-likeness (QED) is 0.746. The number of aliphatic hydroxyl groups is 1.